The highest BCUT2D eigenvalue weighted by Gasteiger charge is 2.42. The molecule has 1 saturated heterocycles. The highest BCUT2D eigenvalue weighted by atomic mass is 16.2. The van der Waals surface area contributed by atoms with Crippen molar-refractivity contribution in [2.75, 3.05) is 26.2 Å². The second kappa shape index (κ2) is 8.01. The average molecular weight is 410 g/mol. The smallest absolute Gasteiger partial charge is 0.316 e. The second-order valence-corrected chi connectivity index (χ2v) is 9.06. The summed E-state index contributed by atoms with van der Waals surface area (Å²) in [5.74, 6) is 0. The van der Waals surface area contributed by atoms with Crippen molar-refractivity contribution in [2.24, 2.45) is 5.41 Å². The van der Waals surface area contributed by atoms with Crippen LogP contribution in [0.2, 0.25) is 0 Å². The molecule has 1 aliphatic carbocycles. The number of nitrogens with one attached hydrogen (secondary N) is 2. The van der Waals surface area contributed by atoms with Gasteiger partial charge in [-0.05, 0) is 56.5 Å². The van der Waals surface area contributed by atoms with Gasteiger partial charge in [-0.2, -0.15) is 5.26 Å². The molecule has 7 nitrogen and oxygen atoms in total. The third-order valence-corrected chi connectivity index (χ3v) is 6.95. The van der Waals surface area contributed by atoms with Crippen LogP contribution in [-0.2, 0) is 0 Å². The lowest BCUT2D eigenvalue weighted by Crippen LogP contribution is -2.42. The van der Waals surface area contributed by atoms with Crippen LogP contribution in [0.1, 0.15) is 62.7 Å². The first-order valence-electron chi connectivity index (χ1n) is 11.0. The SMILES string of the molecule is CCN(CCC#N)C(c1ccc2c(=O)[nH]c(=O)n(C3CC3)c2c1C)C1(C)CCNC1. The largest absolute Gasteiger partial charge is 0.329 e. The summed E-state index contributed by atoms with van der Waals surface area (Å²) in [5, 5.41) is 13.3. The summed E-state index contributed by atoms with van der Waals surface area (Å²) >= 11 is 0. The number of H-pyrrole nitrogens is 1. The van der Waals surface area contributed by atoms with E-state index in [1.165, 1.54) is 0 Å². The van der Waals surface area contributed by atoms with Gasteiger partial charge in [0.1, 0.15) is 0 Å². The van der Waals surface area contributed by atoms with Crippen LogP contribution < -0.4 is 16.6 Å². The van der Waals surface area contributed by atoms with E-state index in [1.807, 2.05) is 13.0 Å². The van der Waals surface area contributed by atoms with Crippen LogP contribution in [0.4, 0.5) is 0 Å². The van der Waals surface area contributed by atoms with Crippen molar-refractivity contribution in [3.63, 3.8) is 0 Å². The van der Waals surface area contributed by atoms with E-state index in [1.54, 1.807) is 4.57 Å². The van der Waals surface area contributed by atoms with Crippen LogP contribution in [0.15, 0.2) is 21.7 Å². The molecule has 1 saturated carbocycles. The fraction of sp³-hybridized carbons (Fsp3) is 0.609. The predicted molar refractivity (Wildman–Crippen MR) is 118 cm³/mol. The maximum absolute atomic E-state index is 12.7. The molecule has 4 rings (SSSR count). The third-order valence-electron chi connectivity index (χ3n) is 6.95. The summed E-state index contributed by atoms with van der Waals surface area (Å²) in [7, 11) is 0. The van der Waals surface area contributed by atoms with E-state index < -0.39 is 0 Å². The molecule has 160 valence electrons. The van der Waals surface area contributed by atoms with E-state index >= 15 is 0 Å². The zero-order chi connectivity index (χ0) is 21.5. The summed E-state index contributed by atoms with van der Waals surface area (Å²) in [4.78, 5) is 30.1. The van der Waals surface area contributed by atoms with Crippen molar-refractivity contribution in [1.29, 1.82) is 5.26 Å². The molecule has 2 unspecified atom stereocenters. The van der Waals surface area contributed by atoms with Gasteiger partial charge in [0.05, 0.1) is 17.0 Å². The van der Waals surface area contributed by atoms with E-state index in [0.717, 1.165) is 55.5 Å². The molecule has 0 radical (unpaired) electrons. The van der Waals surface area contributed by atoms with Gasteiger partial charge in [0.2, 0.25) is 0 Å². The van der Waals surface area contributed by atoms with Crippen LogP contribution in [0.3, 0.4) is 0 Å². The maximum Gasteiger partial charge on any atom is 0.329 e. The lowest BCUT2D eigenvalue weighted by atomic mass is 9.75. The number of aryl methyl sites for hydroxylation is 1. The predicted octanol–water partition coefficient (Wildman–Crippen LogP) is 2.61. The number of hydrogen-bond acceptors (Lipinski definition) is 5. The molecule has 1 aromatic heterocycles. The topological polar surface area (TPSA) is 93.9 Å². The lowest BCUT2D eigenvalue weighted by Gasteiger charge is -2.42. The molecule has 2 fully saturated rings. The summed E-state index contributed by atoms with van der Waals surface area (Å²) in [6, 6.07) is 6.52. The number of hydrogen-bond donors (Lipinski definition) is 2. The normalized spacial score (nSPS) is 22.5. The Morgan fingerprint density at radius 1 is 1.37 bits per heavy atom. The molecule has 2 aliphatic rings. The van der Waals surface area contributed by atoms with E-state index in [-0.39, 0.29) is 28.7 Å². The van der Waals surface area contributed by atoms with Crippen LogP contribution in [0.25, 0.3) is 10.9 Å². The first-order chi connectivity index (χ1) is 14.4. The zero-order valence-electron chi connectivity index (χ0n) is 18.1. The van der Waals surface area contributed by atoms with Gasteiger partial charge in [0.15, 0.2) is 0 Å². The van der Waals surface area contributed by atoms with Crippen LogP contribution in [0, 0.1) is 23.7 Å². The van der Waals surface area contributed by atoms with Crippen molar-refractivity contribution < 1.29 is 0 Å². The molecular weight excluding hydrogens is 378 g/mol. The van der Waals surface area contributed by atoms with Crippen molar-refractivity contribution >= 4 is 10.9 Å². The van der Waals surface area contributed by atoms with Gasteiger partial charge in [0.25, 0.3) is 5.56 Å². The second-order valence-electron chi connectivity index (χ2n) is 9.06. The fourth-order valence-electron chi connectivity index (χ4n) is 5.26. The van der Waals surface area contributed by atoms with Gasteiger partial charge in [-0.1, -0.05) is 19.9 Å². The minimum atomic E-state index is -0.316. The summed E-state index contributed by atoms with van der Waals surface area (Å²) in [6.45, 7) is 9.91. The Bertz CT molecular complexity index is 1100. The molecule has 0 bridgehead atoms. The quantitative estimate of drug-likeness (QED) is 0.733. The molecule has 2 aromatic rings. The van der Waals surface area contributed by atoms with Crippen molar-refractivity contribution in [2.45, 2.75) is 58.5 Å². The highest BCUT2D eigenvalue weighted by molar-refractivity contribution is 5.83. The molecule has 0 spiro atoms. The molecule has 7 heteroatoms. The minimum absolute atomic E-state index is 0.00973. The average Bonchev–Trinajstić information content (AvgIpc) is 3.46. The molecule has 30 heavy (non-hydrogen) atoms. The van der Waals surface area contributed by atoms with E-state index in [9.17, 15) is 14.9 Å². The Hall–Kier alpha value is -2.43. The Labute approximate surface area is 176 Å². The number of aromatic amines is 1. The number of aromatic nitrogens is 2. The number of nitriles is 1. The Morgan fingerprint density at radius 2 is 2.13 bits per heavy atom. The first-order valence-corrected chi connectivity index (χ1v) is 11.0. The van der Waals surface area contributed by atoms with Crippen LogP contribution >= 0.6 is 0 Å². The Kier molecular flexibility index (Phi) is 5.56. The zero-order valence-corrected chi connectivity index (χ0v) is 18.1. The van der Waals surface area contributed by atoms with Crippen LogP contribution in [-0.4, -0.2) is 40.6 Å². The Balaban J connectivity index is 1.95. The van der Waals surface area contributed by atoms with Crippen molar-refractivity contribution in [3.8, 4) is 6.07 Å². The molecule has 2 atom stereocenters. The fourth-order valence-corrected chi connectivity index (χ4v) is 5.26. The standard InChI is InChI=1S/C23H31N5O2/c1-4-27(13-5-11-24)20(23(3)10-12-25-14-23)17-8-9-18-19(15(17)2)28(16-6-7-16)22(30)26-21(18)29/h8-9,16,20,25H,4-7,10,12-14H2,1-3H3,(H,26,29,30). The first kappa shape index (κ1) is 20.8. The van der Waals surface area contributed by atoms with E-state index in [2.05, 4.69) is 41.2 Å². The van der Waals surface area contributed by atoms with Gasteiger partial charge in [0, 0.05) is 37.0 Å². The minimum Gasteiger partial charge on any atom is -0.316 e. The monoisotopic (exact) mass is 409 g/mol. The molecule has 0 amide bonds. The molecule has 2 N–H and O–H groups in total. The van der Waals surface area contributed by atoms with Crippen molar-refractivity contribution in [1.82, 2.24) is 19.8 Å². The van der Waals surface area contributed by atoms with E-state index in [0.29, 0.717) is 18.4 Å². The molecular formula is C23H31N5O2. The number of rotatable bonds is 7. The molecule has 2 heterocycles. The van der Waals surface area contributed by atoms with Gasteiger partial charge >= 0.3 is 5.69 Å². The van der Waals surface area contributed by atoms with Gasteiger partial charge in [-0.3, -0.25) is 19.2 Å². The molecule has 1 aliphatic heterocycles. The highest BCUT2D eigenvalue weighted by Crippen LogP contribution is 2.45. The maximum atomic E-state index is 12.7. The van der Waals surface area contributed by atoms with Gasteiger partial charge in [-0.15, -0.1) is 0 Å². The summed E-state index contributed by atoms with van der Waals surface area (Å²) < 4.78 is 1.80. The summed E-state index contributed by atoms with van der Waals surface area (Å²) in [5.41, 5.74) is 2.33. The third kappa shape index (κ3) is 3.48. The van der Waals surface area contributed by atoms with Gasteiger partial charge in [-0.25, -0.2) is 4.79 Å². The number of fused-ring (bicyclic) bond motifs is 1. The molecule has 1 aromatic carbocycles. The van der Waals surface area contributed by atoms with Gasteiger partial charge < -0.3 is 5.32 Å². The summed E-state index contributed by atoms with van der Waals surface area (Å²) in [6.07, 6.45) is 3.47. The number of nitrogens with zero attached hydrogens (tertiary/aromatic N) is 3. The van der Waals surface area contributed by atoms with E-state index in [4.69, 9.17) is 0 Å². The van der Waals surface area contributed by atoms with Crippen molar-refractivity contribution in [3.05, 3.63) is 44.1 Å². The van der Waals surface area contributed by atoms with Crippen LogP contribution in [0.5, 0.6) is 0 Å². The lowest BCUT2D eigenvalue weighted by molar-refractivity contribution is 0.0930. The number of benzene rings is 1. The Morgan fingerprint density at radius 3 is 2.73 bits per heavy atom.